The lowest BCUT2D eigenvalue weighted by molar-refractivity contribution is -0.122. The molecule has 0 saturated heterocycles. The number of carbonyl (C=O) groups is 1. The van der Waals surface area contributed by atoms with Gasteiger partial charge in [0.05, 0.1) is 6.54 Å². The van der Waals surface area contributed by atoms with Gasteiger partial charge < -0.3 is 0 Å². The van der Waals surface area contributed by atoms with Gasteiger partial charge in [-0.15, -0.1) is 0 Å². The summed E-state index contributed by atoms with van der Waals surface area (Å²) < 4.78 is 0. The third-order valence-corrected chi connectivity index (χ3v) is 4.36. The van der Waals surface area contributed by atoms with Crippen LogP contribution in [0.25, 0.3) is 0 Å². The SMILES string of the molecule is C/C=C1\C=C(CC(=O)C2CCC[C@@H](C)CC2)C=NC1. The highest BCUT2D eigenvalue weighted by Gasteiger charge is 2.23. The maximum absolute atomic E-state index is 12.4. The van der Waals surface area contributed by atoms with E-state index in [2.05, 4.69) is 24.1 Å². The third-order valence-electron chi connectivity index (χ3n) is 4.36. The smallest absolute Gasteiger partial charge is 0.140 e. The van der Waals surface area contributed by atoms with Gasteiger partial charge in [-0.05, 0) is 36.8 Å². The molecule has 0 radical (unpaired) electrons. The fourth-order valence-electron chi connectivity index (χ4n) is 3.02. The molecule has 2 atom stereocenters. The molecule has 1 fully saturated rings. The Balaban J connectivity index is 1.93. The van der Waals surface area contributed by atoms with Crippen LogP contribution >= 0.6 is 0 Å². The molecule has 1 aliphatic heterocycles. The van der Waals surface area contributed by atoms with Gasteiger partial charge in [-0.3, -0.25) is 9.79 Å². The van der Waals surface area contributed by atoms with Crippen LogP contribution in [0.4, 0.5) is 0 Å². The summed E-state index contributed by atoms with van der Waals surface area (Å²) in [5.74, 6) is 1.50. The summed E-state index contributed by atoms with van der Waals surface area (Å²) in [5, 5.41) is 0. The monoisotopic (exact) mass is 259 g/mol. The summed E-state index contributed by atoms with van der Waals surface area (Å²) >= 11 is 0. The highest BCUT2D eigenvalue weighted by molar-refractivity contribution is 5.92. The molecular formula is C17H25NO. The number of ketones is 1. The molecule has 2 rings (SSSR count). The lowest BCUT2D eigenvalue weighted by Crippen LogP contribution is -2.15. The molecule has 0 spiro atoms. The Morgan fingerprint density at radius 3 is 3.00 bits per heavy atom. The topological polar surface area (TPSA) is 29.4 Å². The van der Waals surface area contributed by atoms with Crippen LogP contribution in [0.2, 0.25) is 0 Å². The van der Waals surface area contributed by atoms with Crippen molar-refractivity contribution >= 4 is 12.0 Å². The molecule has 104 valence electrons. The first-order chi connectivity index (χ1) is 9.19. The molecule has 1 aliphatic carbocycles. The van der Waals surface area contributed by atoms with E-state index in [4.69, 9.17) is 0 Å². The second kappa shape index (κ2) is 6.83. The normalized spacial score (nSPS) is 30.0. The third kappa shape index (κ3) is 4.15. The first-order valence-electron chi connectivity index (χ1n) is 7.57. The fourth-order valence-corrected chi connectivity index (χ4v) is 3.02. The Bertz CT molecular complexity index is 417. The van der Waals surface area contributed by atoms with Gasteiger partial charge in [0.15, 0.2) is 0 Å². The van der Waals surface area contributed by atoms with E-state index in [1.165, 1.54) is 24.8 Å². The number of hydrogen-bond donors (Lipinski definition) is 0. The average molecular weight is 259 g/mol. The van der Waals surface area contributed by atoms with Crippen LogP contribution < -0.4 is 0 Å². The molecule has 2 nitrogen and oxygen atoms in total. The number of rotatable bonds is 3. The van der Waals surface area contributed by atoms with Crippen molar-refractivity contribution in [3.8, 4) is 0 Å². The summed E-state index contributed by atoms with van der Waals surface area (Å²) in [6.45, 7) is 5.09. The maximum atomic E-state index is 12.4. The van der Waals surface area contributed by atoms with E-state index in [1.54, 1.807) is 0 Å². The van der Waals surface area contributed by atoms with Gasteiger partial charge in [0, 0.05) is 18.6 Å². The lowest BCUT2D eigenvalue weighted by Gasteiger charge is -2.14. The molecule has 0 amide bonds. The van der Waals surface area contributed by atoms with Gasteiger partial charge in [0.25, 0.3) is 0 Å². The van der Waals surface area contributed by atoms with Crippen LogP contribution in [-0.4, -0.2) is 18.5 Å². The van der Waals surface area contributed by atoms with E-state index in [-0.39, 0.29) is 5.92 Å². The van der Waals surface area contributed by atoms with Crippen molar-refractivity contribution in [2.24, 2.45) is 16.8 Å². The lowest BCUT2D eigenvalue weighted by atomic mass is 9.90. The maximum Gasteiger partial charge on any atom is 0.140 e. The molecule has 1 unspecified atom stereocenters. The minimum Gasteiger partial charge on any atom is -0.299 e. The van der Waals surface area contributed by atoms with Gasteiger partial charge in [-0.2, -0.15) is 0 Å². The van der Waals surface area contributed by atoms with Crippen molar-refractivity contribution in [1.82, 2.24) is 0 Å². The Labute approximate surface area is 116 Å². The second-order valence-electron chi connectivity index (χ2n) is 6.01. The molecule has 2 heteroatoms. The van der Waals surface area contributed by atoms with Crippen molar-refractivity contribution in [1.29, 1.82) is 0 Å². The Kier molecular flexibility index (Phi) is 5.12. The van der Waals surface area contributed by atoms with E-state index in [9.17, 15) is 4.79 Å². The van der Waals surface area contributed by atoms with Gasteiger partial charge in [0.2, 0.25) is 0 Å². The van der Waals surface area contributed by atoms with Gasteiger partial charge in [-0.1, -0.05) is 38.3 Å². The highest BCUT2D eigenvalue weighted by Crippen LogP contribution is 2.29. The zero-order valence-electron chi connectivity index (χ0n) is 12.2. The van der Waals surface area contributed by atoms with Crippen LogP contribution in [0.3, 0.4) is 0 Å². The fraction of sp³-hybridized carbons (Fsp3) is 0.647. The summed E-state index contributed by atoms with van der Waals surface area (Å²) in [4.78, 5) is 16.7. The van der Waals surface area contributed by atoms with Gasteiger partial charge >= 0.3 is 0 Å². The van der Waals surface area contributed by atoms with E-state index < -0.39 is 0 Å². The van der Waals surface area contributed by atoms with E-state index in [1.807, 2.05) is 13.1 Å². The van der Waals surface area contributed by atoms with Gasteiger partial charge in [0.1, 0.15) is 5.78 Å². The number of dihydropyridines is 1. The largest absolute Gasteiger partial charge is 0.299 e. The predicted molar refractivity (Wildman–Crippen MR) is 80.6 cm³/mol. The van der Waals surface area contributed by atoms with Crippen LogP contribution in [0, 0.1) is 11.8 Å². The van der Waals surface area contributed by atoms with E-state index in [0.717, 1.165) is 30.9 Å². The van der Waals surface area contributed by atoms with Crippen molar-refractivity contribution in [2.75, 3.05) is 6.54 Å². The quantitative estimate of drug-likeness (QED) is 0.701. The summed E-state index contributed by atoms with van der Waals surface area (Å²) in [6.07, 6.45) is 12.5. The minimum absolute atomic E-state index is 0.287. The molecule has 0 N–H and O–H groups in total. The number of hydrogen-bond acceptors (Lipinski definition) is 2. The molecule has 0 aromatic carbocycles. The summed E-state index contributed by atoms with van der Waals surface area (Å²) in [5.41, 5.74) is 2.31. The van der Waals surface area contributed by atoms with Crippen LogP contribution in [-0.2, 0) is 4.79 Å². The highest BCUT2D eigenvalue weighted by atomic mass is 16.1. The Morgan fingerprint density at radius 1 is 1.37 bits per heavy atom. The Hall–Kier alpha value is -1.18. The average Bonchev–Trinajstić information content (AvgIpc) is 2.64. The number of Topliss-reactive ketones (excluding diaryl/α,β-unsaturated/α-hetero) is 1. The van der Waals surface area contributed by atoms with Gasteiger partial charge in [-0.25, -0.2) is 0 Å². The molecular weight excluding hydrogens is 234 g/mol. The number of allylic oxidation sites excluding steroid dienone is 2. The van der Waals surface area contributed by atoms with Crippen molar-refractivity contribution < 1.29 is 4.79 Å². The standard InChI is InChI=1S/C17H25NO/c1-3-14-9-15(12-18-11-14)10-17(19)16-6-4-5-13(2)7-8-16/h3,9,12-13,16H,4-8,10-11H2,1-2H3/b14-3+/t13-,16?/m1/s1. The van der Waals surface area contributed by atoms with Crippen molar-refractivity contribution in [2.45, 2.75) is 52.4 Å². The Morgan fingerprint density at radius 2 is 2.21 bits per heavy atom. The number of carbonyl (C=O) groups excluding carboxylic acids is 1. The molecule has 1 saturated carbocycles. The molecule has 0 bridgehead atoms. The number of nitrogens with zero attached hydrogens (tertiary/aromatic N) is 1. The number of aliphatic imine (C=N–C) groups is 1. The van der Waals surface area contributed by atoms with Crippen molar-refractivity contribution in [3.05, 3.63) is 23.3 Å². The molecule has 19 heavy (non-hydrogen) atoms. The molecule has 1 heterocycles. The molecule has 2 aliphatic rings. The zero-order valence-corrected chi connectivity index (χ0v) is 12.2. The van der Waals surface area contributed by atoms with E-state index in [0.29, 0.717) is 12.2 Å². The summed E-state index contributed by atoms with van der Waals surface area (Å²) in [6, 6.07) is 0. The first kappa shape index (κ1) is 14.2. The first-order valence-corrected chi connectivity index (χ1v) is 7.57. The molecule has 0 aromatic heterocycles. The minimum atomic E-state index is 0.287. The van der Waals surface area contributed by atoms with Crippen LogP contribution in [0.15, 0.2) is 28.3 Å². The zero-order chi connectivity index (χ0) is 13.7. The van der Waals surface area contributed by atoms with Crippen LogP contribution in [0.5, 0.6) is 0 Å². The molecule has 0 aromatic rings. The van der Waals surface area contributed by atoms with Crippen LogP contribution in [0.1, 0.15) is 52.4 Å². The summed E-state index contributed by atoms with van der Waals surface area (Å²) in [7, 11) is 0. The second-order valence-corrected chi connectivity index (χ2v) is 6.01. The predicted octanol–water partition coefficient (Wildman–Crippen LogP) is 4.12. The van der Waals surface area contributed by atoms with E-state index >= 15 is 0 Å². The van der Waals surface area contributed by atoms with Crippen molar-refractivity contribution in [3.63, 3.8) is 0 Å².